The number of unbranched alkanes of at least 4 members (excludes halogenated alkanes) is 2. The predicted molar refractivity (Wildman–Crippen MR) is 99.6 cm³/mol. The first-order valence-corrected chi connectivity index (χ1v) is 8.24. The van der Waals surface area contributed by atoms with Gasteiger partial charge in [0, 0.05) is 39.3 Å². The van der Waals surface area contributed by atoms with Crippen LogP contribution in [0.2, 0.25) is 0 Å². The molecule has 0 amide bonds. The third-order valence-corrected chi connectivity index (χ3v) is 3.99. The molecule has 1 fully saturated rings. The summed E-state index contributed by atoms with van der Waals surface area (Å²) < 4.78 is 38.3. The number of alkyl halides is 3. The molecule has 1 aliphatic rings. The van der Waals surface area contributed by atoms with Crippen molar-refractivity contribution < 1.29 is 13.2 Å². The molecule has 0 aliphatic carbocycles. The first-order chi connectivity index (χ1) is 10.4. The van der Waals surface area contributed by atoms with Gasteiger partial charge in [0.2, 0.25) is 0 Å². The fourth-order valence-corrected chi connectivity index (χ4v) is 2.50. The van der Waals surface area contributed by atoms with Crippen molar-refractivity contribution >= 4 is 29.9 Å². The quantitative estimate of drug-likeness (QED) is 0.292. The lowest BCUT2D eigenvalue weighted by molar-refractivity contribution is -0.181. The fraction of sp³-hybridized carbons (Fsp3) is 0.933. The Balaban J connectivity index is 0.00000484. The lowest BCUT2D eigenvalue weighted by atomic mass is 10.2. The molecule has 1 atom stereocenters. The van der Waals surface area contributed by atoms with Crippen LogP contribution in [-0.4, -0.2) is 67.2 Å². The molecule has 0 spiro atoms. The molecule has 138 valence electrons. The Morgan fingerprint density at radius 1 is 1.13 bits per heavy atom. The van der Waals surface area contributed by atoms with Crippen LogP contribution < -0.4 is 5.32 Å². The van der Waals surface area contributed by atoms with E-state index in [4.69, 9.17) is 0 Å². The molecule has 0 aromatic carbocycles. The largest absolute Gasteiger partial charge is 0.403 e. The zero-order chi connectivity index (χ0) is 16.6. The number of nitrogens with zero attached hydrogens (tertiary/aromatic N) is 3. The van der Waals surface area contributed by atoms with Crippen molar-refractivity contribution in [2.24, 2.45) is 4.99 Å². The lowest BCUT2D eigenvalue weighted by Crippen LogP contribution is -2.56. The van der Waals surface area contributed by atoms with Crippen LogP contribution in [-0.2, 0) is 0 Å². The Morgan fingerprint density at radius 3 is 2.22 bits per heavy atom. The van der Waals surface area contributed by atoms with Crippen LogP contribution in [0.1, 0.15) is 40.0 Å². The normalized spacial score (nSPS) is 18.5. The summed E-state index contributed by atoms with van der Waals surface area (Å²) in [7, 11) is 0. The Bertz CT molecular complexity index is 342. The van der Waals surface area contributed by atoms with Gasteiger partial charge in [-0.25, -0.2) is 0 Å². The highest BCUT2D eigenvalue weighted by atomic mass is 127. The zero-order valence-corrected chi connectivity index (χ0v) is 16.7. The van der Waals surface area contributed by atoms with Gasteiger partial charge in [0.1, 0.15) is 6.04 Å². The average Bonchev–Trinajstić information content (AvgIpc) is 2.49. The van der Waals surface area contributed by atoms with Crippen LogP contribution in [0.15, 0.2) is 4.99 Å². The van der Waals surface area contributed by atoms with E-state index in [1.54, 1.807) is 0 Å². The second kappa shape index (κ2) is 11.3. The Hall–Kier alpha value is -0.250. The van der Waals surface area contributed by atoms with E-state index in [9.17, 15) is 13.2 Å². The van der Waals surface area contributed by atoms with Gasteiger partial charge in [0.25, 0.3) is 0 Å². The van der Waals surface area contributed by atoms with Crippen LogP contribution in [0.5, 0.6) is 0 Å². The van der Waals surface area contributed by atoms with Crippen molar-refractivity contribution in [3.63, 3.8) is 0 Å². The van der Waals surface area contributed by atoms with E-state index in [1.165, 1.54) is 11.8 Å². The van der Waals surface area contributed by atoms with E-state index in [2.05, 4.69) is 22.1 Å². The van der Waals surface area contributed by atoms with Crippen LogP contribution in [0.4, 0.5) is 13.2 Å². The molecule has 0 bridgehead atoms. The van der Waals surface area contributed by atoms with E-state index in [0.717, 1.165) is 38.3 Å². The fourth-order valence-electron chi connectivity index (χ4n) is 2.50. The maximum Gasteiger partial charge on any atom is 0.403 e. The maximum absolute atomic E-state index is 12.8. The SMILES string of the molecule is CCCCCN=C(NCC)N1CCN(C(C)C(F)(F)F)CC1.I. The van der Waals surface area contributed by atoms with Crippen LogP contribution >= 0.6 is 24.0 Å². The number of aliphatic imine (C=N–C) groups is 1. The van der Waals surface area contributed by atoms with Gasteiger partial charge in [0.15, 0.2) is 5.96 Å². The molecule has 1 saturated heterocycles. The van der Waals surface area contributed by atoms with Crippen LogP contribution in [0, 0.1) is 0 Å². The molecule has 1 N–H and O–H groups in total. The first-order valence-electron chi connectivity index (χ1n) is 8.24. The van der Waals surface area contributed by atoms with Crippen molar-refractivity contribution in [3.8, 4) is 0 Å². The molecule has 1 aliphatic heterocycles. The minimum Gasteiger partial charge on any atom is -0.357 e. The molecule has 8 heteroatoms. The summed E-state index contributed by atoms with van der Waals surface area (Å²) in [5.74, 6) is 0.831. The van der Waals surface area contributed by atoms with Gasteiger partial charge in [-0.1, -0.05) is 19.8 Å². The zero-order valence-electron chi connectivity index (χ0n) is 14.3. The van der Waals surface area contributed by atoms with Gasteiger partial charge in [-0.05, 0) is 20.3 Å². The monoisotopic (exact) mass is 450 g/mol. The van der Waals surface area contributed by atoms with Crippen molar-refractivity contribution in [2.75, 3.05) is 39.3 Å². The lowest BCUT2D eigenvalue weighted by Gasteiger charge is -2.39. The number of nitrogens with one attached hydrogen (secondary N) is 1. The number of hydrogen-bond acceptors (Lipinski definition) is 2. The minimum atomic E-state index is -4.15. The van der Waals surface area contributed by atoms with Crippen LogP contribution in [0.3, 0.4) is 0 Å². The van der Waals surface area contributed by atoms with Gasteiger partial charge in [0.05, 0.1) is 0 Å². The van der Waals surface area contributed by atoms with Crippen molar-refractivity contribution in [1.29, 1.82) is 0 Å². The molecule has 1 heterocycles. The van der Waals surface area contributed by atoms with E-state index >= 15 is 0 Å². The highest BCUT2D eigenvalue weighted by Crippen LogP contribution is 2.25. The molecule has 0 radical (unpaired) electrons. The predicted octanol–water partition coefficient (Wildman–Crippen LogP) is 3.33. The molecule has 1 rings (SSSR count). The Kier molecular flexibility index (Phi) is 11.2. The number of guanidine groups is 1. The second-order valence-corrected chi connectivity index (χ2v) is 5.68. The molecule has 23 heavy (non-hydrogen) atoms. The minimum absolute atomic E-state index is 0. The Morgan fingerprint density at radius 2 is 1.74 bits per heavy atom. The summed E-state index contributed by atoms with van der Waals surface area (Å²) in [4.78, 5) is 8.15. The first kappa shape index (κ1) is 22.8. The third-order valence-electron chi connectivity index (χ3n) is 3.99. The molecular weight excluding hydrogens is 420 g/mol. The number of piperazine rings is 1. The average molecular weight is 450 g/mol. The molecule has 1 unspecified atom stereocenters. The molecule has 4 nitrogen and oxygen atoms in total. The van der Waals surface area contributed by atoms with Gasteiger partial charge in [-0.3, -0.25) is 9.89 Å². The molecule has 0 aromatic heterocycles. The highest BCUT2D eigenvalue weighted by molar-refractivity contribution is 14.0. The summed E-state index contributed by atoms with van der Waals surface area (Å²) in [5, 5.41) is 3.24. The van der Waals surface area contributed by atoms with E-state index < -0.39 is 12.2 Å². The van der Waals surface area contributed by atoms with E-state index in [0.29, 0.717) is 26.2 Å². The second-order valence-electron chi connectivity index (χ2n) is 5.68. The van der Waals surface area contributed by atoms with Gasteiger partial charge < -0.3 is 10.2 Å². The van der Waals surface area contributed by atoms with Gasteiger partial charge >= 0.3 is 6.18 Å². The third kappa shape index (κ3) is 7.91. The van der Waals surface area contributed by atoms with Crippen molar-refractivity contribution in [1.82, 2.24) is 15.1 Å². The van der Waals surface area contributed by atoms with E-state index in [1.807, 2.05) is 6.92 Å². The summed E-state index contributed by atoms with van der Waals surface area (Å²) in [6, 6.07) is -1.38. The summed E-state index contributed by atoms with van der Waals surface area (Å²) in [5.41, 5.74) is 0. The van der Waals surface area contributed by atoms with Crippen LogP contribution in [0.25, 0.3) is 0 Å². The Labute approximate surface area is 154 Å². The summed E-state index contributed by atoms with van der Waals surface area (Å²) in [6.07, 6.45) is -0.794. The van der Waals surface area contributed by atoms with Gasteiger partial charge in [-0.2, -0.15) is 13.2 Å². The number of rotatable bonds is 6. The molecular formula is C15H30F3IN4. The van der Waals surface area contributed by atoms with Crippen molar-refractivity contribution in [3.05, 3.63) is 0 Å². The summed E-state index contributed by atoms with van der Waals surface area (Å²) in [6.45, 7) is 8.93. The maximum atomic E-state index is 12.8. The summed E-state index contributed by atoms with van der Waals surface area (Å²) >= 11 is 0. The smallest absolute Gasteiger partial charge is 0.357 e. The molecule has 0 aromatic rings. The number of halogens is 4. The number of hydrogen-bond donors (Lipinski definition) is 1. The standard InChI is InChI=1S/C15H29F3N4.HI/c1-4-6-7-8-20-14(19-5-2)22-11-9-21(10-12-22)13(3)15(16,17)18;/h13H,4-12H2,1-3H3,(H,19,20);1H. The molecule has 0 saturated carbocycles. The van der Waals surface area contributed by atoms with E-state index in [-0.39, 0.29) is 24.0 Å². The van der Waals surface area contributed by atoms with Gasteiger partial charge in [-0.15, -0.1) is 24.0 Å². The van der Waals surface area contributed by atoms with Crippen molar-refractivity contribution in [2.45, 2.75) is 52.3 Å². The topological polar surface area (TPSA) is 30.9 Å². The highest BCUT2D eigenvalue weighted by Gasteiger charge is 2.41.